The van der Waals surface area contributed by atoms with E-state index >= 15 is 0 Å². The van der Waals surface area contributed by atoms with Gasteiger partial charge in [-0.2, -0.15) is 26.3 Å². The minimum Gasteiger partial charge on any atom is -0.361 e. The van der Waals surface area contributed by atoms with E-state index in [9.17, 15) is 31.1 Å². The number of carbonyl (C=O) groups excluding carboxylic acids is 1. The normalized spacial score (nSPS) is 12.7. The summed E-state index contributed by atoms with van der Waals surface area (Å²) in [5.41, 5.74) is -0.213. The second-order valence-corrected chi connectivity index (χ2v) is 7.95. The van der Waals surface area contributed by atoms with Gasteiger partial charge in [0.05, 0.1) is 11.1 Å². The summed E-state index contributed by atoms with van der Waals surface area (Å²) in [6.07, 6.45) is -6.94. The van der Waals surface area contributed by atoms with Crippen LogP contribution < -0.4 is 5.32 Å². The smallest absolute Gasteiger partial charge is 0.361 e. The Morgan fingerprint density at radius 2 is 1.53 bits per heavy atom. The number of aromatic amines is 1. The van der Waals surface area contributed by atoms with Crippen molar-refractivity contribution in [3.63, 3.8) is 0 Å². The Morgan fingerprint density at radius 3 is 2.22 bits per heavy atom. The van der Waals surface area contributed by atoms with E-state index in [0.29, 0.717) is 6.42 Å². The number of anilines is 1. The van der Waals surface area contributed by atoms with Crippen molar-refractivity contribution in [2.75, 3.05) is 11.9 Å². The van der Waals surface area contributed by atoms with Crippen molar-refractivity contribution in [3.8, 4) is 0 Å². The number of amides is 1. The molecule has 36 heavy (non-hydrogen) atoms. The molecule has 0 saturated heterocycles. The Hall–Kier alpha value is -4.08. The Kier molecular flexibility index (Phi) is 6.87. The number of benzene rings is 3. The van der Waals surface area contributed by atoms with Crippen molar-refractivity contribution in [2.45, 2.75) is 18.8 Å². The molecule has 2 N–H and O–H groups in total. The predicted octanol–water partition coefficient (Wildman–Crippen LogP) is 6.88. The Morgan fingerprint density at radius 1 is 0.833 bits per heavy atom. The number of carbonyl (C=O) groups is 1. The number of nitrogens with zero attached hydrogens (tertiary/aromatic N) is 1. The molecule has 4 rings (SSSR count). The number of rotatable bonds is 6. The van der Waals surface area contributed by atoms with Gasteiger partial charge in [0, 0.05) is 34.9 Å². The predicted molar refractivity (Wildman–Crippen MR) is 125 cm³/mol. The van der Waals surface area contributed by atoms with Gasteiger partial charge in [-0.1, -0.05) is 36.4 Å². The second kappa shape index (κ2) is 9.88. The van der Waals surface area contributed by atoms with Crippen molar-refractivity contribution < 1.29 is 31.1 Å². The van der Waals surface area contributed by atoms with E-state index in [1.54, 1.807) is 6.20 Å². The van der Waals surface area contributed by atoms with Gasteiger partial charge in [-0.15, -0.1) is 0 Å². The van der Waals surface area contributed by atoms with Crippen LogP contribution in [0.25, 0.3) is 10.9 Å². The van der Waals surface area contributed by atoms with E-state index < -0.39 is 29.4 Å². The van der Waals surface area contributed by atoms with Crippen LogP contribution in [0.4, 0.5) is 32.0 Å². The van der Waals surface area contributed by atoms with Gasteiger partial charge in [-0.3, -0.25) is 9.79 Å². The third-order valence-corrected chi connectivity index (χ3v) is 5.47. The van der Waals surface area contributed by atoms with Crippen molar-refractivity contribution in [3.05, 3.63) is 101 Å². The van der Waals surface area contributed by atoms with Gasteiger partial charge in [-0.05, 0) is 48.4 Å². The van der Waals surface area contributed by atoms with E-state index in [1.807, 2.05) is 24.3 Å². The molecule has 1 aromatic heterocycles. The lowest BCUT2D eigenvalue weighted by Gasteiger charge is -2.12. The molecule has 0 aliphatic heterocycles. The molecular weight excluding hydrogens is 484 g/mol. The largest absolute Gasteiger partial charge is 0.416 e. The summed E-state index contributed by atoms with van der Waals surface area (Å²) < 4.78 is 78.1. The van der Waals surface area contributed by atoms with E-state index in [0.717, 1.165) is 58.9 Å². The van der Waals surface area contributed by atoms with Crippen molar-refractivity contribution >= 4 is 28.2 Å². The number of para-hydroxylation sites is 1. The lowest BCUT2D eigenvalue weighted by atomic mass is 10.1. The maximum Gasteiger partial charge on any atom is 0.416 e. The summed E-state index contributed by atoms with van der Waals surface area (Å²) in [6.45, 7) is 0.119. The molecule has 0 aliphatic carbocycles. The zero-order valence-electron chi connectivity index (χ0n) is 18.5. The fourth-order valence-corrected chi connectivity index (χ4v) is 3.70. The van der Waals surface area contributed by atoms with E-state index in [1.165, 1.54) is 6.07 Å². The van der Waals surface area contributed by atoms with Gasteiger partial charge >= 0.3 is 12.4 Å². The summed E-state index contributed by atoms with van der Waals surface area (Å²) >= 11 is 0. The van der Waals surface area contributed by atoms with Gasteiger partial charge in [0.15, 0.2) is 0 Å². The summed E-state index contributed by atoms with van der Waals surface area (Å²) in [6, 6.07) is 15.5. The molecule has 0 radical (unpaired) electrons. The molecule has 10 heteroatoms. The van der Waals surface area contributed by atoms with E-state index in [-0.39, 0.29) is 23.5 Å². The van der Waals surface area contributed by atoms with Crippen molar-refractivity contribution in [1.29, 1.82) is 0 Å². The summed E-state index contributed by atoms with van der Waals surface area (Å²) in [4.78, 5) is 20.5. The quantitative estimate of drug-likeness (QED) is 0.219. The molecule has 0 bridgehead atoms. The van der Waals surface area contributed by atoms with Crippen LogP contribution in [0, 0.1) is 0 Å². The fourth-order valence-electron chi connectivity index (χ4n) is 3.70. The zero-order valence-corrected chi connectivity index (χ0v) is 18.5. The van der Waals surface area contributed by atoms with Gasteiger partial charge < -0.3 is 10.3 Å². The highest BCUT2D eigenvalue weighted by atomic mass is 19.4. The van der Waals surface area contributed by atoms with Crippen molar-refractivity contribution in [2.24, 2.45) is 4.99 Å². The van der Waals surface area contributed by atoms with Crippen LogP contribution in [0.1, 0.15) is 22.3 Å². The standard InChI is InChI=1S/C26H19F6N3O/c27-25(28,29)18-10-8-16(9-11-18)23(24(36)35-20-5-3-4-19(14-20)26(30,31)32)33-13-12-17-15-34-22-7-2-1-6-21(17)22/h1-11,14-15,34H,12-13H2,(H,35,36). The average molecular weight is 503 g/mol. The molecule has 0 spiro atoms. The number of aromatic nitrogens is 1. The van der Waals surface area contributed by atoms with Crippen LogP contribution in [-0.4, -0.2) is 23.1 Å². The van der Waals surface area contributed by atoms with Gasteiger partial charge in [0.2, 0.25) is 0 Å². The molecule has 186 valence electrons. The summed E-state index contributed by atoms with van der Waals surface area (Å²) in [7, 11) is 0. The number of alkyl halides is 6. The highest BCUT2D eigenvalue weighted by molar-refractivity contribution is 6.48. The average Bonchev–Trinajstić information content (AvgIpc) is 3.24. The lowest BCUT2D eigenvalue weighted by molar-refractivity contribution is -0.138. The molecule has 4 aromatic rings. The van der Waals surface area contributed by atoms with Crippen LogP contribution in [0.5, 0.6) is 0 Å². The minimum atomic E-state index is -4.61. The van der Waals surface area contributed by atoms with Gasteiger partial charge in [0.1, 0.15) is 5.71 Å². The second-order valence-electron chi connectivity index (χ2n) is 7.95. The van der Waals surface area contributed by atoms with Crippen LogP contribution >= 0.6 is 0 Å². The van der Waals surface area contributed by atoms with Gasteiger partial charge in [-0.25, -0.2) is 0 Å². The molecule has 0 atom stereocenters. The highest BCUT2D eigenvalue weighted by Gasteiger charge is 2.31. The van der Waals surface area contributed by atoms with Crippen LogP contribution in [0.3, 0.4) is 0 Å². The number of halogens is 6. The SMILES string of the molecule is O=C(Nc1cccc(C(F)(F)F)c1)C(=NCCc1c[nH]c2ccccc12)c1ccc(C(F)(F)F)cc1. The van der Waals surface area contributed by atoms with Crippen LogP contribution in [-0.2, 0) is 23.6 Å². The zero-order chi connectivity index (χ0) is 25.9. The molecule has 0 aliphatic rings. The highest BCUT2D eigenvalue weighted by Crippen LogP contribution is 2.31. The summed E-state index contributed by atoms with van der Waals surface area (Å²) in [5.74, 6) is -0.840. The lowest BCUT2D eigenvalue weighted by Crippen LogP contribution is -2.25. The summed E-state index contributed by atoms with van der Waals surface area (Å²) in [5, 5.41) is 3.34. The molecule has 0 saturated carbocycles. The molecule has 3 aromatic carbocycles. The molecule has 0 unspecified atom stereocenters. The maximum atomic E-state index is 13.0. The monoisotopic (exact) mass is 503 g/mol. The minimum absolute atomic E-state index is 0.103. The Bertz CT molecular complexity index is 1400. The van der Waals surface area contributed by atoms with E-state index in [4.69, 9.17) is 0 Å². The first-order chi connectivity index (χ1) is 17.0. The third-order valence-electron chi connectivity index (χ3n) is 5.47. The number of hydrogen-bond donors (Lipinski definition) is 2. The topological polar surface area (TPSA) is 57.2 Å². The number of fused-ring (bicyclic) bond motifs is 1. The van der Waals surface area contributed by atoms with Crippen LogP contribution in [0.2, 0.25) is 0 Å². The molecule has 1 amide bonds. The first kappa shape index (κ1) is 25.0. The molecular formula is C26H19F6N3O. The van der Waals surface area contributed by atoms with E-state index in [2.05, 4.69) is 15.3 Å². The number of nitrogens with one attached hydrogen (secondary N) is 2. The van der Waals surface area contributed by atoms with Gasteiger partial charge in [0.25, 0.3) is 5.91 Å². The maximum absolute atomic E-state index is 13.0. The molecule has 4 nitrogen and oxygen atoms in total. The van der Waals surface area contributed by atoms with Crippen LogP contribution in [0.15, 0.2) is 84.0 Å². The van der Waals surface area contributed by atoms with Crippen molar-refractivity contribution in [1.82, 2.24) is 4.98 Å². The number of aliphatic imine (C=N–C) groups is 1. The fraction of sp³-hybridized carbons (Fsp3) is 0.154. The first-order valence-corrected chi connectivity index (χ1v) is 10.8. The molecule has 0 fully saturated rings. The Balaban J connectivity index is 1.61. The Labute approximate surface area is 201 Å². The number of hydrogen-bond acceptors (Lipinski definition) is 2. The number of H-pyrrole nitrogens is 1. The first-order valence-electron chi connectivity index (χ1n) is 10.8. The molecule has 1 heterocycles. The third kappa shape index (κ3) is 5.76.